The number of rotatable bonds is 7. The third kappa shape index (κ3) is 4.75. The van der Waals surface area contributed by atoms with E-state index in [1.807, 2.05) is 0 Å². The highest BCUT2D eigenvalue weighted by molar-refractivity contribution is 5.91. The Morgan fingerprint density at radius 1 is 1.11 bits per heavy atom. The van der Waals surface area contributed by atoms with Gasteiger partial charge in [0.2, 0.25) is 6.10 Å². The van der Waals surface area contributed by atoms with Crippen LogP contribution in [0.3, 0.4) is 0 Å². The molecule has 0 amide bonds. The monoisotopic (exact) mass is 373 g/mol. The van der Waals surface area contributed by atoms with Crippen LogP contribution in [0, 0.1) is 13.8 Å². The number of hydrogen-bond donors (Lipinski definition) is 0. The van der Waals surface area contributed by atoms with Gasteiger partial charge in [-0.3, -0.25) is 4.79 Å². The van der Waals surface area contributed by atoms with Crippen LogP contribution in [0.5, 0.6) is 0 Å². The van der Waals surface area contributed by atoms with Crippen molar-refractivity contribution in [3.8, 4) is 0 Å². The lowest BCUT2D eigenvalue weighted by Crippen LogP contribution is -2.24. The lowest BCUT2D eigenvalue weighted by molar-refractivity contribution is -0.167. The molecule has 0 N–H and O–H groups in total. The summed E-state index contributed by atoms with van der Waals surface area (Å²) in [7, 11) is 1.23. The van der Waals surface area contributed by atoms with Gasteiger partial charge in [0, 0.05) is 17.0 Å². The molecule has 0 fully saturated rings. The zero-order chi connectivity index (χ0) is 20.0. The fraction of sp³-hybridized carbons (Fsp3) is 0.350. The number of aryl methyl sites for hydroxylation is 1. The summed E-state index contributed by atoms with van der Waals surface area (Å²) in [5.74, 6) is -1.73. The van der Waals surface area contributed by atoms with E-state index in [1.54, 1.807) is 61.7 Å². The van der Waals surface area contributed by atoms with Gasteiger partial charge in [-0.1, -0.05) is 30.3 Å². The standard InChI is InChI=1S/C20H23NO6/c1-5-26-19(23)16-11-13(2)21(14(16)3)12-17(22)27-18(20(24)25-4)15-9-7-6-8-10-15/h6-11,18H,5,12H2,1-4H3. The van der Waals surface area contributed by atoms with Crippen molar-refractivity contribution in [1.82, 2.24) is 4.57 Å². The predicted molar refractivity (Wildman–Crippen MR) is 97.2 cm³/mol. The van der Waals surface area contributed by atoms with Crippen molar-refractivity contribution in [1.29, 1.82) is 0 Å². The van der Waals surface area contributed by atoms with E-state index >= 15 is 0 Å². The van der Waals surface area contributed by atoms with Crippen LogP contribution in [0.4, 0.5) is 0 Å². The highest BCUT2D eigenvalue weighted by atomic mass is 16.6. The molecule has 7 nitrogen and oxygen atoms in total. The third-order valence-corrected chi connectivity index (χ3v) is 4.12. The molecule has 0 aliphatic heterocycles. The lowest BCUT2D eigenvalue weighted by Gasteiger charge is -2.17. The van der Waals surface area contributed by atoms with Gasteiger partial charge in [0.15, 0.2) is 0 Å². The van der Waals surface area contributed by atoms with Crippen molar-refractivity contribution in [2.45, 2.75) is 33.4 Å². The molecule has 0 bridgehead atoms. The maximum absolute atomic E-state index is 12.5. The Hall–Kier alpha value is -3.09. The molecule has 2 rings (SSSR count). The van der Waals surface area contributed by atoms with E-state index in [2.05, 4.69) is 0 Å². The lowest BCUT2D eigenvalue weighted by atomic mass is 10.1. The van der Waals surface area contributed by atoms with E-state index in [4.69, 9.17) is 14.2 Å². The van der Waals surface area contributed by atoms with Crippen LogP contribution < -0.4 is 0 Å². The quantitative estimate of drug-likeness (QED) is 0.548. The molecule has 0 aliphatic rings. The van der Waals surface area contributed by atoms with E-state index in [9.17, 15) is 14.4 Å². The molecule has 1 aromatic heterocycles. The van der Waals surface area contributed by atoms with Crippen molar-refractivity contribution >= 4 is 17.9 Å². The molecule has 0 radical (unpaired) electrons. The summed E-state index contributed by atoms with van der Waals surface area (Å²) >= 11 is 0. The Balaban J connectivity index is 2.19. The second kappa shape index (κ2) is 9.02. The largest absolute Gasteiger partial charge is 0.466 e. The SMILES string of the molecule is CCOC(=O)c1cc(C)n(CC(=O)OC(C(=O)OC)c2ccccc2)c1C. The maximum Gasteiger partial charge on any atom is 0.351 e. The first-order valence-electron chi connectivity index (χ1n) is 8.55. The molecular formula is C20H23NO6. The van der Waals surface area contributed by atoms with Crippen molar-refractivity contribution in [3.05, 3.63) is 58.9 Å². The number of carbonyl (C=O) groups is 3. The second-order valence-corrected chi connectivity index (χ2v) is 5.90. The second-order valence-electron chi connectivity index (χ2n) is 5.90. The summed E-state index contributed by atoms with van der Waals surface area (Å²) in [4.78, 5) is 36.5. The van der Waals surface area contributed by atoms with Crippen LogP contribution in [-0.4, -0.2) is 36.2 Å². The van der Waals surface area contributed by atoms with Crippen LogP contribution >= 0.6 is 0 Å². The number of esters is 3. The molecule has 1 atom stereocenters. The van der Waals surface area contributed by atoms with E-state index < -0.39 is 24.0 Å². The van der Waals surface area contributed by atoms with Crippen molar-refractivity contribution < 1.29 is 28.6 Å². The predicted octanol–water partition coefficient (Wildman–Crippen LogP) is 2.74. The van der Waals surface area contributed by atoms with Gasteiger partial charge in [-0.2, -0.15) is 0 Å². The number of carbonyl (C=O) groups excluding carboxylic acids is 3. The third-order valence-electron chi connectivity index (χ3n) is 4.12. The number of methoxy groups -OCH3 is 1. The molecule has 1 heterocycles. The van der Waals surface area contributed by atoms with Gasteiger partial charge in [-0.05, 0) is 26.8 Å². The molecule has 144 valence electrons. The molecule has 1 aromatic carbocycles. The topological polar surface area (TPSA) is 83.8 Å². The van der Waals surface area contributed by atoms with Crippen molar-refractivity contribution in [3.63, 3.8) is 0 Å². The average molecular weight is 373 g/mol. The summed E-state index contributed by atoms with van der Waals surface area (Å²) < 4.78 is 16.8. The van der Waals surface area contributed by atoms with E-state index in [-0.39, 0.29) is 13.2 Å². The Bertz CT molecular complexity index is 824. The molecule has 0 saturated carbocycles. The van der Waals surface area contributed by atoms with Gasteiger partial charge < -0.3 is 18.8 Å². The summed E-state index contributed by atoms with van der Waals surface area (Å²) in [5, 5.41) is 0. The first-order valence-corrected chi connectivity index (χ1v) is 8.55. The normalized spacial score (nSPS) is 11.6. The minimum Gasteiger partial charge on any atom is -0.466 e. The highest BCUT2D eigenvalue weighted by Crippen LogP contribution is 2.21. The molecule has 27 heavy (non-hydrogen) atoms. The van der Waals surface area contributed by atoms with E-state index in [0.29, 0.717) is 22.5 Å². The van der Waals surface area contributed by atoms with Crippen molar-refractivity contribution in [2.24, 2.45) is 0 Å². The van der Waals surface area contributed by atoms with Gasteiger partial charge in [-0.25, -0.2) is 9.59 Å². The number of benzene rings is 1. The summed E-state index contributed by atoms with van der Waals surface area (Å²) in [6, 6.07) is 10.3. The summed E-state index contributed by atoms with van der Waals surface area (Å²) in [6.45, 7) is 5.35. The van der Waals surface area contributed by atoms with Gasteiger partial charge in [0.1, 0.15) is 6.54 Å². The zero-order valence-corrected chi connectivity index (χ0v) is 15.9. The Kier molecular flexibility index (Phi) is 6.76. The minimum atomic E-state index is -1.15. The first-order chi connectivity index (χ1) is 12.9. The van der Waals surface area contributed by atoms with Gasteiger partial charge in [0.05, 0.1) is 19.3 Å². The summed E-state index contributed by atoms with van der Waals surface area (Å²) in [5.41, 5.74) is 2.22. The zero-order valence-electron chi connectivity index (χ0n) is 15.9. The van der Waals surface area contributed by atoms with Crippen molar-refractivity contribution in [2.75, 3.05) is 13.7 Å². The van der Waals surface area contributed by atoms with E-state index in [0.717, 1.165) is 0 Å². The Morgan fingerprint density at radius 3 is 2.37 bits per heavy atom. The maximum atomic E-state index is 12.5. The molecule has 7 heteroatoms. The number of ether oxygens (including phenoxy) is 3. The average Bonchev–Trinajstić information content (AvgIpc) is 2.94. The van der Waals surface area contributed by atoms with Crippen LogP contribution in [0.2, 0.25) is 0 Å². The fourth-order valence-electron chi connectivity index (χ4n) is 2.74. The van der Waals surface area contributed by atoms with Gasteiger partial charge in [-0.15, -0.1) is 0 Å². The van der Waals surface area contributed by atoms with Gasteiger partial charge in [0.25, 0.3) is 0 Å². The molecule has 2 aromatic rings. The Labute approximate surface area is 157 Å². The fourth-order valence-corrected chi connectivity index (χ4v) is 2.74. The minimum absolute atomic E-state index is 0.141. The molecule has 0 spiro atoms. The number of nitrogens with zero attached hydrogens (tertiary/aromatic N) is 1. The number of aromatic nitrogens is 1. The Morgan fingerprint density at radius 2 is 1.78 bits per heavy atom. The number of hydrogen-bond acceptors (Lipinski definition) is 6. The first kappa shape index (κ1) is 20.2. The molecule has 0 saturated heterocycles. The van der Waals surface area contributed by atoms with Crippen LogP contribution in [0.15, 0.2) is 36.4 Å². The van der Waals surface area contributed by atoms with Crippen LogP contribution in [0.25, 0.3) is 0 Å². The van der Waals surface area contributed by atoms with E-state index in [1.165, 1.54) is 7.11 Å². The molecule has 0 aliphatic carbocycles. The highest BCUT2D eigenvalue weighted by Gasteiger charge is 2.27. The molecular weight excluding hydrogens is 350 g/mol. The van der Waals surface area contributed by atoms with Gasteiger partial charge >= 0.3 is 17.9 Å². The summed E-state index contributed by atoms with van der Waals surface area (Å²) in [6.07, 6.45) is -1.15. The van der Waals surface area contributed by atoms with Crippen LogP contribution in [-0.2, 0) is 30.3 Å². The molecule has 1 unspecified atom stereocenters. The smallest absolute Gasteiger partial charge is 0.351 e. The van der Waals surface area contributed by atoms with Crippen LogP contribution in [0.1, 0.15) is 40.3 Å².